The fraction of sp³-hybridized carbons (Fsp3) is 0. The van der Waals surface area contributed by atoms with Gasteiger partial charge < -0.3 is 10.1 Å². The molecule has 0 amide bonds. The van der Waals surface area contributed by atoms with Crippen LogP contribution in [0.4, 0.5) is 0 Å². The van der Waals surface area contributed by atoms with E-state index in [1.807, 2.05) is 6.07 Å². The molecule has 0 aliphatic rings. The predicted octanol–water partition coefficient (Wildman–Crippen LogP) is -0.447. The number of phenolic OH excluding ortho intramolecular Hbond substituents is 1. The highest BCUT2D eigenvalue weighted by molar-refractivity contribution is 5.18. The van der Waals surface area contributed by atoms with Crippen LogP contribution in [0.15, 0.2) is 63.4 Å². The number of rotatable bonds is 0. The number of aromatic amines is 4. The Labute approximate surface area is 117 Å². The lowest BCUT2D eigenvalue weighted by molar-refractivity contribution is 0.475. The molecule has 3 aromatic rings. The molecule has 0 saturated heterocycles. The molecule has 5 N–H and O–H groups in total. The summed E-state index contributed by atoms with van der Waals surface area (Å²) in [5, 5.41) is 8.63. The van der Waals surface area contributed by atoms with Crippen molar-refractivity contribution in [3.05, 3.63) is 80.5 Å². The summed E-state index contributed by atoms with van der Waals surface area (Å²) in [6.45, 7) is 0. The average Bonchev–Trinajstić information content (AvgIpc) is 2.97. The Balaban J connectivity index is 0.000000164. The first-order valence-electron chi connectivity index (χ1n) is 5.67. The topological polar surface area (TPSA) is 147 Å². The molecule has 9 heteroatoms. The van der Waals surface area contributed by atoms with Gasteiger partial charge in [-0.05, 0) is 12.1 Å². The van der Waals surface area contributed by atoms with Crippen molar-refractivity contribution in [1.82, 2.24) is 24.9 Å². The molecule has 0 fully saturated rings. The van der Waals surface area contributed by atoms with Crippen LogP contribution in [0.3, 0.4) is 0 Å². The van der Waals surface area contributed by atoms with Crippen LogP contribution in [0.25, 0.3) is 0 Å². The summed E-state index contributed by atoms with van der Waals surface area (Å²) in [7, 11) is 0. The summed E-state index contributed by atoms with van der Waals surface area (Å²) in [6.07, 6.45) is 5.08. The second-order valence-corrected chi connectivity index (χ2v) is 3.46. The standard InChI is InChI=1S/C6H6O.C3H3N3O3.C3H4N2/c7-6-4-2-1-3-5-6;7-1-4-2(8)6-3(9)5-1;1-2-5-3-4-1/h1-5,7H;(H3,4,5,6,7,8,9);1-3H,(H,4,5). The maximum absolute atomic E-state index is 10.2. The van der Waals surface area contributed by atoms with Crippen LogP contribution in [0.1, 0.15) is 0 Å². The Kier molecular flexibility index (Phi) is 6.50. The molecule has 0 aliphatic carbocycles. The Hall–Kier alpha value is -3.36. The molecule has 110 valence electrons. The minimum Gasteiger partial charge on any atom is -0.508 e. The van der Waals surface area contributed by atoms with Crippen molar-refractivity contribution in [3.8, 4) is 5.75 Å². The first-order valence-corrected chi connectivity index (χ1v) is 5.67. The zero-order valence-electron chi connectivity index (χ0n) is 10.7. The van der Waals surface area contributed by atoms with Gasteiger partial charge in [-0.3, -0.25) is 15.0 Å². The molecular weight excluding hydrogens is 278 g/mol. The Morgan fingerprint density at radius 3 is 1.62 bits per heavy atom. The van der Waals surface area contributed by atoms with Crippen LogP contribution >= 0.6 is 0 Å². The lowest BCUT2D eigenvalue weighted by Crippen LogP contribution is -2.34. The molecule has 2 aromatic heterocycles. The number of imidazole rings is 1. The summed E-state index contributed by atoms with van der Waals surface area (Å²) in [4.78, 5) is 42.3. The van der Waals surface area contributed by atoms with E-state index in [0.717, 1.165) is 0 Å². The molecule has 3 rings (SSSR count). The SMILES string of the molecule is O=c1[nH]c(=O)[nH]c(=O)[nH]1.Oc1ccccc1.c1c[nH]cn1. The number of para-hydroxylation sites is 1. The molecule has 2 heterocycles. The minimum absolute atomic E-state index is 0.322. The molecule has 21 heavy (non-hydrogen) atoms. The van der Waals surface area contributed by atoms with Crippen LogP contribution < -0.4 is 17.1 Å². The van der Waals surface area contributed by atoms with Crippen molar-refractivity contribution in [2.75, 3.05) is 0 Å². The van der Waals surface area contributed by atoms with Crippen molar-refractivity contribution >= 4 is 0 Å². The van der Waals surface area contributed by atoms with E-state index in [4.69, 9.17) is 5.11 Å². The van der Waals surface area contributed by atoms with Crippen molar-refractivity contribution in [2.24, 2.45) is 0 Å². The monoisotopic (exact) mass is 291 g/mol. The summed E-state index contributed by atoms with van der Waals surface area (Å²) in [5.41, 5.74) is -2.41. The average molecular weight is 291 g/mol. The Bertz CT molecular complexity index is 678. The number of aromatic hydroxyl groups is 1. The van der Waals surface area contributed by atoms with Crippen LogP contribution in [0.5, 0.6) is 5.75 Å². The zero-order chi connectivity index (χ0) is 15.5. The highest BCUT2D eigenvalue weighted by Gasteiger charge is 1.85. The maximum atomic E-state index is 10.2. The quantitative estimate of drug-likeness (QED) is 0.380. The lowest BCUT2D eigenvalue weighted by atomic mass is 10.3. The molecule has 0 unspecified atom stereocenters. The molecule has 0 radical (unpaired) electrons. The fourth-order valence-electron chi connectivity index (χ4n) is 1.05. The summed E-state index contributed by atoms with van der Waals surface area (Å²) < 4.78 is 0. The third-order valence-corrected chi connectivity index (χ3v) is 1.84. The third-order valence-electron chi connectivity index (χ3n) is 1.84. The van der Waals surface area contributed by atoms with Gasteiger partial charge in [-0.2, -0.15) is 0 Å². The van der Waals surface area contributed by atoms with Gasteiger partial charge in [-0.15, -0.1) is 0 Å². The number of nitrogens with zero attached hydrogens (tertiary/aromatic N) is 1. The molecule has 0 bridgehead atoms. The number of nitrogens with one attached hydrogen (secondary N) is 4. The number of H-pyrrole nitrogens is 4. The smallest absolute Gasteiger partial charge is 0.330 e. The third kappa shape index (κ3) is 7.62. The van der Waals surface area contributed by atoms with Crippen LogP contribution in [-0.4, -0.2) is 30.0 Å². The molecule has 1 aromatic carbocycles. The van der Waals surface area contributed by atoms with E-state index in [1.54, 1.807) is 57.9 Å². The van der Waals surface area contributed by atoms with Gasteiger partial charge in [0.25, 0.3) is 0 Å². The van der Waals surface area contributed by atoms with E-state index in [0.29, 0.717) is 5.75 Å². The summed E-state index contributed by atoms with van der Waals surface area (Å²) in [5.74, 6) is 0.322. The number of benzene rings is 1. The van der Waals surface area contributed by atoms with E-state index in [9.17, 15) is 14.4 Å². The molecule has 0 atom stereocenters. The molecule has 0 spiro atoms. The lowest BCUT2D eigenvalue weighted by Gasteiger charge is -1.82. The van der Waals surface area contributed by atoms with Gasteiger partial charge in [0.05, 0.1) is 6.33 Å². The highest BCUT2D eigenvalue weighted by atomic mass is 16.3. The largest absolute Gasteiger partial charge is 0.508 e. The van der Waals surface area contributed by atoms with E-state index in [-0.39, 0.29) is 0 Å². The number of aromatic nitrogens is 5. The Morgan fingerprint density at radius 2 is 1.38 bits per heavy atom. The van der Waals surface area contributed by atoms with E-state index < -0.39 is 17.1 Å². The van der Waals surface area contributed by atoms with E-state index in [1.165, 1.54) is 0 Å². The second kappa shape index (κ2) is 8.69. The van der Waals surface area contributed by atoms with Gasteiger partial charge in [0.1, 0.15) is 5.75 Å². The minimum atomic E-state index is -0.802. The predicted molar refractivity (Wildman–Crippen MR) is 75.0 cm³/mol. The van der Waals surface area contributed by atoms with Gasteiger partial charge in [-0.1, -0.05) is 18.2 Å². The van der Waals surface area contributed by atoms with Crippen LogP contribution in [-0.2, 0) is 0 Å². The zero-order valence-corrected chi connectivity index (χ0v) is 10.7. The van der Waals surface area contributed by atoms with E-state index in [2.05, 4.69) is 9.97 Å². The van der Waals surface area contributed by atoms with Gasteiger partial charge in [0, 0.05) is 12.4 Å². The number of phenols is 1. The molecule has 0 saturated carbocycles. The second-order valence-electron chi connectivity index (χ2n) is 3.46. The molecule has 9 nitrogen and oxygen atoms in total. The normalized spacial score (nSPS) is 8.76. The first-order chi connectivity index (χ1) is 10.1. The van der Waals surface area contributed by atoms with Gasteiger partial charge >= 0.3 is 17.1 Å². The van der Waals surface area contributed by atoms with Crippen molar-refractivity contribution in [2.45, 2.75) is 0 Å². The van der Waals surface area contributed by atoms with Gasteiger partial charge in [0.15, 0.2) is 0 Å². The maximum Gasteiger partial charge on any atom is 0.330 e. The van der Waals surface area contributed by atoms with Crippen LogP contribution in [0.2, 0.25) is 0 Å². The summed E-state index contributed by atoms with van der Waals surface area (Å²) >= 11 is 0. The highest BCUT2D eigenvalue weighted by Crippen LogP contribution is 2.02. The van der Waals surface area contributed by atoms with Crippen molar-refractivity contribution in [1.29, 1.82) is 0 Å². The van der Waals surface area contributed by atoms with Gasteiger partial charge in [-0.25, -0.2) is 19.4 Å². The van der Waals surface area contributed by atoms with Crippen molar-refractivity contribution < 1.29 is 5.11 Å². The molecular formula is C12H13N5O4. The summed E-state index contributed by atoms with van der Waals surface area (Å²) in [6, 6.07) is 8.71. The van der Waals surface area contributed by atoms with E-state index >= 15 is 0 Å². The van der Waals surface area contributed by atoms with Crippen molar-refractivity contribution in [3.63, 3.8) is 0 Å². The van der Waals surface area contributed by atoms with Crippen LogP contribution in [0, 0.1) is 0 Å². The number of hydrogen-bond acceptors (Lipinski definition) is 5. The fourth-order valence-corrected chi connectivity index (χ4v) is 1.05. The first kappa shape index (κ1) is 15.7. The van der Waals surface area contributed by atoms with Gasteiger partial charge in [0.2, 0.25) is 0 Å². The number of hydrogen-bond donors (Lipinski definition) is 5. The molecule has 0 aliphatic heterocycles. The Morgan fingerprint density at radius 1 is 0.857 bits per heavy atom.